The van der Waals surface area contributed by atoms with E-state index in [2.05, 4.69) is 133 Å². The van der Waals surface area contributed by atoms with Gasteiger partial charge in [0, 0.05) is 27.7 Å². The predicted molar refractivity (Wildman–Crippen MR) is 215 cm³/mol. The van der Waals surface area contributed by atoms with E-state index in [-0.39, 0.29) is 5.56 Å². The highest BCUT2D eigenvalue weighted by Gasteiger charge is 2.51. The molecule has 2 aliphatic rings. The van der Waals surface area contributed by atoms with Crippen molar-refractivity contribution >= 4 is 39.0 Å². The van der Waals surface area contributed by atoms with E-state index in [1.807, 2.05) is 35.2 Å². The Morgan fingerprint density at radius 1 is 0.500 bits per heavy atom. The maximum absolute atomic E-state index is 16.3. The van der Waals surface area contributed by atoms with Crippen LogP contribution in [-0.2, 0) is 5.41 Å². The molecule has 54 heavy (non-hydrogen) atoms. The summed E-state index contributed by atoms with van der Waals surface area (Å²) in [5.74, 6) is -0.472. The molecule has 3 nitrogen and oxygen atoms in total. The quantitative estimate of drug-likeness (QED) is 0.184. The van der Waals surface area contributed by atoms with Gasteiger partial charge in [-0.3, -0.25) is 0 Å². The summed E-state index contributed by atoms with van der Waals surface area (Å²) in [5, 5.41) is 11.8. The van der Waals surface area contributed by atoms with E-state index in [1.54, 1.807) is 12.1 Å². The second kappa shape index (κ2) is 11.4. The highest BCUT2D eigenvalue weighted by atomic mass is 19.1. The highest BCUT2D eigenvalue weighted by molar-refractivity contribution is 6.09. The maximum atomic E-state index is 16.3. The van der Waals surface area contributed by atoms with Crippen LogP contribution in [-0.4, -0.2) is 0 Å². The number of benzene rings is 8. The Bertz CT molecular complexity index is 2980. The first-order valence-electron chi connectivity index (χ1n) is 18.1. The van der Waals surface area contributed by atoms with Gasteiger partial charge in [0.2, 0.25) is 0 Å². The lowest BCUT2D eigenvalue weighted by molar-refractivity contribution is 0.628. The molecule has 9 aromatic rings. The average molecular weight is 693 g/mol. The van der Waals surface area contributed by atoms with Gasteiger partial charge >= 0.3 is 0 Å². The number of nitrogens with zero attached hydrogens (tertiary/aromatic N) is 2. The van der Waals surface area contributed by atoms with Gasteiger partial charge < -0.3 is 9.32 Å². The van der Waals surface area contributed by atoms with Crippen LogP contribution in [0, 0.1) is 17.1 Å². The SMILES string of the molecule is N#Cc1ccc(N(c2ccc(-c3cccc4c3oc3ccccc34)cc2)c2ccc3c(c2)C2(c4ccccc4-c4ccccc42)c2ccccc2-3)c(F)c1. The summed E-state index contributed by atoms with van der Waals surface area (Å²) in [6.45, 7) is 0. The molecule has 0 aliphatic heterocycles. The Morgan fingerprint density at radius 3 is 1.74 bits per heavy atom. The molecule has 0 radical (unpaired) electrons. The van der Waals surface area contributed by atoms with E-state index in [1.165, 1.54) is 39.4 Å². The van der Waals surface area contributed by atoms with Crippen molar-refractivity contribution in [3.8, 4) is 39.4 Å². The molecular weight excluding hydrogens is 664 g/mol. The van der Waals surface area contributed by atoms with Crippen molar-refractivity contribution in [3.63, 3.8) is 0 Å². The van der Waals surface area contributed by atoms with Gasteiger partial charge in [-0.15, -0.1) is 0 Å². The van der Waals surface area contributed by atoms with Crippen molar-refractivity contribution in [2.45, 2.75) is 5.41 Å². The van der Waals surface area contributed by atoms with Crippen LogP contribution in [0.25, 0.3) is 55.3 Å². The first kappa shape index (κ1) is 30.4. The molecule has 4 heteroatoms. The minimum absolute atomic E-state index is 0.271. The largest absolute Gasteiger partial charge is 0.455 e. The summed E-state index contributed by atoms with van der Waals surface area (Å²) in [7, 11) is 0. The lowest BCUT2D eigenvalue weighted by Gasteiger charge is -2.32. The Kier molecular flexibility index (Phi) is 6.41. The van der Waals surface area contributed by atoms with E-state index in [9.17, 15) is 5.26 Å². The zero-order chi connectivity index (χ0) is 36.0. The molecule has 1 spiro atoms. The zero-order valence-electron chi connectivity index (χ0n) is 28.9. The number of fused-ring (bicyclic) bond motifs is 13. The van der Waals surface area contributed by atoms with Crippen LogP contribution in [0.2, 0.25) is 0 Å². The first-order chi connectivity index (χ1) is 26.6. The van der Waals surface area contributed by atoms with Crippen LogP contribution < -0.4 is 4.90 Å². The minimum Gasteiger partial charge on any atom is -0.455 e. The van der Waals surface area contributed by atoms with Crippen LogP contribution in [0.15, 0.2) is 180 Å². The van der Waals surface area contributed by atoms with Crippen molar-refractivity contribution in [1.29, 1.82) is 5.26 Å². The first-order valence-corrected chi connectivity index (χ1v) is 18.1. The smallest absolute Gasteiger partial charge is 0.148 e. The number of anilines is 3. The molecule has 0 amide bonds. The van der Waals surface area contributed by atoms with Gasteiger partial charge in [-0.05, 0) is 98.6 Å². The second-order valence-corrected chi connectivity index (χ2v) is 14.1. The number of halogens is 1. The van der Waals surface area contributed by atoms with Gasteiger partial charge in [0.05, 0.1) is 22.7 Å². The number of hydrogen-bond acceptors (Lipinski definition) is 3. The summed E-state index contributed by atoms with van der Waals surface area (Å²) in [5.41, 5.74) is 15.1. The van der Waals surface area contributed by atoms with Crippen molar-refractivity contribution < 1.29 is 8.81 Å². The third kappa shape index (κ3) is 4.09. The van der Waals surface area contributed by atoms with E-state index < -0.39 is 11.2 Å². The van der Waals surface area contributed by atoms with E-state index in [0.29, 0.717) is 5.69 Å². The van der Waals surface area contributed by atoms with Crippen LogP contribution in [0.5, 0.6) is 0 Å². The van der Waals surface area contributed by atoms with Crippen LogP contribution in [0.1, 0.15) is 27.8 Å². The third-order valence-corrected chi connectivity index (χ3v) is 11.4. The molecule has 0 fully saturated rings. The Morgan fingerprint density at radius 2 is 1.07 bits per heavy atom. The minimum atomic E-state index is -0.543. The third-order valence-electron chi connectivity index (χ3n) is 11.4. The molecule has 0 saturated heterocycles. The molecule has 8 aromatic carbocycles. The van der Waals surface area contributed by atoms with Gasteiger partial charge in [0.15, 0.2) is 0 Å². The van der Waals surface area contributed by atoms with E-state index in [4.69, 9.17) is 4.42 Å². The lowest BCUT2D eigenvalue weighted by atomic mass is 9.70. The molecule has 0 N–H and O–H groups in total. The monoisotopic (exact) mass is 692 g/mol. The molecule has 0 bridgehead atoms. The number of nitriles is 1. The van der Waals surface area contributed by atoms with Crippen molar-refractivity contribution in [2.24, 2.45) is 0 Å². The molecular formula is C50H29FN2O. The summed E-state index contributed by atoms with van der Waals surface area (Å²) < 4.78 is 22.6. The molecule has 1 heterocycles. The number of hydrogen-bond donors (Lipinski definition) is 0. The van der Waals surface area contributed by atoms with Crippen LogP contribution in [0.3, 0.4) is 0 Å². The van der Waals surface area contributed by atoms with Crippen molar-refractivity contribution in [1.82, 2.24) is 0 Å². The van der Waals surface area contributed by atoms with Gasteiger partial charge in [-0.1, -0.05) is 127 Å². The van der Waals surface area contributed by atoms with E-state index >= 15 is 4.39 Å². The lowest BCUT2D eigenvalue weighted by Crippen LogP contribution is -2.26. The highest BCUT2D eigenvalue weighted by Crippen LogP contribution is 2.63. The second-order valence-electron chi connectivity index (χ2n) is 14.1. The Hall–Kier alpha value is -7.22. The fraction of sp³-hybridized carbons (Fsp3) is 0.0200. The van der Waals surface area contributed by atoms with Gasteiger partial charge in [0.25, 0.3) is 0 Å². The molecule has 0 saturated carbocycles. The number of furan rings is 1. The molecule has 0 atom stereocenters. The summed E-state index contributed by atoms with van der Waals surface area (Å²) in [4.78, 5) is 1.96. The number of rotatable bonds is 4. The Balaban J connectivity index is 1.12. The fourth-order valence-corrected chi connectivity index (χ4v) is 9.17. The Labute approximate surface area is 311 Å². The maximum Gasteiger partial charge on any atom is 0.148 e. The van der Waals surface area contributed by atoms with Gasteiger partial charge in [-0.2, -0.15) is 5.26 Å². The predicted octanol–water partition coefficient (Wildman–Crippen LogP) is 13.1. The van der Waals surface area contributed by atoms with Crippen LogP contribution in [0.4, 0.5) is 21.5 Å². The fourth-order valence-electron chi connectivity index (χ4n) is 9.17. The number of para-hydroxylation sites is 2. The molecule has 0 unspecified atom stereocenters. The van der Waals surface area contributed by atoms with Crippen molar-refractivity contribution in [2.75, 3.05) is 4.90 Å². The van der Waals surface area contributed by atoms with Gasteiger partial charge in [0.1, 0.15) is 17.0 Å². The van der Waals surface area contributed by atoms with Gasteiger partial charge in [-0.25, -0.2) is 4.39 Å². The summed E-state index contributed by atoms with van der Waals surface area (Å²) >= 11 is 0. The standard InChI is InChI=1S/C50H29FN2O/c51-46-28-31(30-52)20-27-47(46)53(33-23-21-32(22-24-33)35-14-9-15-41-40-13-4-8-19-48(40)54-49(35)41)34-25-26-39-38-12-3-7-18-44(38)50(45(39)29-34)42-16-5-1-10-36(42)37-11-2-6-17-43(37)50/h1-29H. The van der Waals surface area contributed by atoms with E-state index in [0.717, 1.165) is 55.6 Å². The normalized spacial score (nSPS) is 13.0. The topological polar surface area (TPSA) is 40.2 Å². The summed E-state index contributed by atoms with van der Waals surface area (Å²) in [6, 6.07) is 62.0. The molecule has 11 rings (SSSR count). The summed E-state index contributed by atoms with van der Waals surface area (Å²) in [6.07, 6.45) is 0. The average Bonchev–Trinajstić information content (AvgIpc) is 3.86. The molecule has 1 aromatic heterocycles. The van der Waals surface area contributed by atoms with Crippen molar-refractivity contribution in [3.05, 3.63) is 210 Å². The zero-order valence-corrected chi connectivity index (χ0v) is 28.9. The van der Waals surface area contributed by atoms with Crippen LogP contribution >= 0.6 is 0 Å². The molecule has 2 aliphatic carbocycles. The molecule has 252 valence electrons.